The maximum Gasteiger partial charge on any atom is 0.253 e. The summed E-state index contributed by atoms with van der Waals surface area (Å²) in [5.74, 6) is -1.26. The first kappa shape index (κ1) is 19.8. The molecule has 1 aliphatic rings. The summed E-state index contributed by atoms with van der Waals surface area (Å²) in [6, 6.07) is 0. The third-order valence-electron chi connectivity index (χ3n) is 3.37. The third kappa shape index (κ3) is 7.87. The zero-order chi connectivity index (χ0) is 17.8. The first-order valence-corrected chi connectivity index (χ1v) is 8.19. The Balaban J connectivity index is 1.99. The van der Waals surface area contributed by atoms with Crippen molar-refractivity contribution in [2.45, 2.75) is 32.6 Å². The molecule has 0 atom stereocenters. The maximum atomic E-state index is 11.6. The molecule has 0 aromatic heterocycles. The lowest BCUT2D eigenvalue weighted by atomic mass is 10.2. The second-order valence-electron chi connectivity index (χ2n) is 5.37. The summed E-state index contributed by atoms with van der Waals surface area (Å²) >= 11 is 0. The van der Waals surface area contributed by atoms with E-state index >= 15 is 0 Å². The van der Waals surface area contributed by atoms with Gasteiger partial charge >= 0.3 is 0 Å². The molecule has 0 saturated carbocycles. The number of carbonyl (C=O) groups excluding carboxylic acids is 4. The minimum absolute atomic E-state index is 0.0373. The first-order valence-electron chi connectivity index (χ1n) is 8.19. The highest BCUT2D eigenvalue weighted by atomic mass is 16.5. The summed E-state index contributed by atoms with van der Waals surface area (Å²) in [4.78, 5) is 46.6. The predicted molar refractivity (Wildman–Crippen MR) is 86.8 cm³/mol. The zero-order valence-corrected chi connectivity index (χ0v) is 14.0. The molecule has 134 valence electrons. The summed E-state index contributed by atoms with van der Waals surface area (Å²) in [5, 5.41) is 5.36. The SMILES string of the molecule is CCCCCNC(=O)COCCNC(=O)CCN1C(=O)C=CC1=O. The fraction of sp³-hybridized carbons (Fsp3) is 0.625. The van der Waals surface area contributed by atoms with E-state index in [1.807, 2.05) is 0 Å². The van der Waals surface area contributed by atoms with Crippen LogP contribution in [0.15, 0.2) is 12.2 Å². The minimum atomic E-state index is -0.402. The van der Waals surface area contributed by atoms with Gasteiger partial charge in [0.05, 0.1) is 6.61 Å². The summed E-state index contributed by atoms with van der Waals surface area (Å²) in [5.41, 5.74) is 0. The number of hydrogen-bond acceptors (Lipinski definition) is 5. The number of nitrogens with zero attached hydrogens (tertiary/aromatic N) is 1. The van der Waals surface area contributed by atoms with Crippen LogP contribution in [0.25, 0.3) is 0 Å². The molecule has 0 aromatic carbocycles. The molecule has 1 aliphatic heterocycles. The van der Waals surface area contributed by atoms with Crippen molar-refractivity contribution in [1.82, 2.24) is 15.5 Å². The highest BCUT2D eigenvalue weighted by Crippen LogP contribution is 2.03. The molecule has 1 rings (SSSR count). The molecular formula is C16H25N3O5. The van der Waals surface area contributed by atoms with Crippen molar-refractivity contribution >= 4 is 23.6 Å². The molecule has 0 bridgehead atoms. The van der Waals surface area contributed by atoms with Crippen molar-refractivity contribution in [1.29, 1.82) is 0 Å². The van der Waals surface area contributed by atoms with E-state index in [0.29, 0.717) is 6.54 Å². The van der Waals surface area contributed by atoms with Crippen LogP contribution in [0.4, 0.5) is 0 Å². The number of unbranched alkanes of at least 4 members (excludes halogenated alkanes) is 2. The Bertz CT molecular complexity index is 472. The van der Waals surface area contributed by atoms with Crippen LogP contribution in [0.5, 0.6) is 0 Å². The van der Waals surface area contributed by atoms with E-state index in [-0.39, 0.29) is 44.5 Å². The number of ether oxygens (including phenoxy) is 1. The van der Waals surface area contributed by atoms with Crippen LogP contribution < -0.4 is 10.6 Å². The molecule has 0 spiro atoms. The molecule has 0 fully saturated rings. The van der Waals surface area contributed by atoms with Gasteiger partial charge < -0.3 is 15.4 Å². The fourth-order valence-electron chi connectivity index (χ4n) is 2.03. The van der Waals surface area contributed by atoms with Crippen LogP contribution in [0, 0.1) is 0 Å². The van der Waals surface area contributed by atoms with Crippen molar-refractivity contribution in [3.63, 3.8) is 0 Å². The van der Waals surface area contributed by atoms with Crippen molar-refractivity contribution in [2.24, 2.45) is 0 Å². The van der Waals surface area contributed by atoms with E-state index in [0.717, 1.165) is 24.2 Å². The molecule has 0 unspecified atom stereocenters. The van der Waals surface area contributed by atoms with Crippen molar-refractivity contribution < 1.29 is 23.9 Å². The van der Waals surface area contributed by atoms with Crippen molar-refractivity contribution in [3.8, 4) is 0 Å². The summed E-state index contributed by atoms with van der Waals surface area (Å²) in [6.45, 7) is 3.24. The van der Waals surface area contributed by atoms with Gasteiger partial charge in [-0.15, -0.1) is 0 Å². The summed E-state index contributed by atoms with van der Waals surface area (Å²) in [7, 11) is 0. The molecule has 8 nitrogen and oxygen atoms in total. The monoisotopic (exact) mass is 339 g/mol. The Hall–Kier alpha value is -2.22. The van der Waals surface area contributed by atoms with Gasteiger partial charge in [-0.2, -0.15) is 0 Å². The molecule has 8 heteroatoms. The molecule has 2 N–H and O–H groups in total. The Morgan fingerprint density at radius 1 is 1.04 bits per heavy atom. The number of nitrogens with one attached hydrogen (secondary N) is 2. The molecule has 0 aromatic rings. The molecule has 1 heterocycles. The van der Waals surface area contributed by atoms with E-state index in [9.17, 15) is 19.2 Å². The fourth-order valence-corrected chi connectivity index (χ4v) is 2.03. The van der Waals surface area contributed by atoms with Gasteiger partial charge in [0.25, 0.3) is 11.8 Å². The number of rotatable bonds is 12. The van der Waals surface area contributed by atoms with Crippen LogP contribution in [-0.4, -0.2) is 61.4 Å². The summed E-state index contributed by atoms with van der Waals surface area (Å²) < 4.78 is 5.16. The number of amides is 4. The Morgan fingerprint density at radius 3 is 2.38 bits per heavy atom. The number of imide groups is 1. The van der Waals surface area contributed by atoms with Gasteiger partial charge in [-0.25, -0.2) is 0 Å². The van der Waals surface area contributed by atoms with Gasteiger partial charge in [-0.05, 0) is 6.42 Å². The van der Waals surface area contributed by atoms with Gasteiger partial charge in [-0.3, -0.25) is 24.1 Å². The van der Waals surface area contributed by atoms with E-state index < -0.39 is 11.8 Å². The molecule has 0 saturated heterocycles. The molecule has 4 amide bonds. The van der Waals surface area contributed by atoms with Gasteiger partial charge in [0.15, 0.2) is 0 Å². The van der Waals surface area contributed by atoms with E-state index in [1.54, 1.807) is 0 Å². The molecule has 0 radical (unpaired) electrons. The average molecular weight is 339 g/mol. The number of carbonyl (C=O) groups is 4. The normalized spacial score (nSPS) is 13.5. The van der Waals surface area contributed by atoms with Crippen LogP contribution in [0.1, 0.15) is 32.6 Å². The maximum absolute atomic E-state index is 11.6. The highest BCUT2D eigenvalue weighted by Gasteiger charge is 2.23. The lowest BCUT2D eigenvalue weighted by molar-refractivity contribution is -0.137. The van der Waals surface area contributed by atoms with Crippen LogP contribution >= 0.6 is 0 Å². The van der Waals surface area contributed by atoms with Gasteiger partial charge in [0, 0.05) is 38.2 Å². The standard InChI is InChI=1S/C16H25N3O5/c1-2-3-4-8-17-14(21)12-24-11-9-18-13(20)7-10-19-15(22)5-6-16(19)23/h5-6H,2-4,7-12H2,1H3,(H,17,21)(H,18,20). The first-order chi connectivity index (χ1) is 11.5. The Morgan fingerprint density at radius 2 is 1.71 bits per heavy atom. The predicted octanol–water partition coefficient (Wildman–Crippen LogP) is -0.259. The average Bonchev–Trinajstić information content (AvgIpc) is 2.87. The number of hydrogen-bond donors (Lipinski definition) is 2. The largest absolute Gasteiger partial charge is 0.370 e. The second kappa shape index (κ2) is 11.3. The smallest absolute Gasteiger partial charge is 0.253 e. The van der Waals surface area contributed by atoms with E-state index in [1.165, 1.54) is 12.2 Å². The van der Waals surface area contributed by atoms with Crippen molar-refractivity contribution in [3.05, 3.63) is 12.2 Å². The molecule has 0 aliphatic carbocycles. The van der Waals surface area contributed by atoms with E-state index in [2.05, 4.69) is 17.6 Å². The molecular weight excluding hydrogens is 314 g/mol. The minimum Gasteiger partial charge on any atom is -0.370 e. The highest BCUT2D eigenvalue weighted by molar-refractivity contribution is 6.13. The van der Waals surface area contributed by atoms with E-state index in [4.69, 9.17) is 4.74 Å². The van der Waals surface area contributed by atoms with Crippen LogP contribution in [-0.2, 0) is 23.9 Å². The van der Waals surface area contributed by atoms with Crippen LogP contribution in [0.2, 0.25) is 0 Å². The topological polar surface area (TPSA) is 105 Å². The third-order valence-corrected chi connectivity index (χ3v) is 3.37. The zero-order valence-electron chi connectivity index (χ0n) is 14.0. The van der Waals surface area contributed by atoms with Gasteiger partial charge in [0.1, 0.15) is 6.61 Å². The lowest BCUT2D eigenvalue weighted by Gasteiger charge is -2.13. The lowest BCUT2D eigenvalue weighted by Crippen LogP contribution is -2.36. The van der Waals surface area contributed by atoms with Crippen LogP contribution in [0.3, 0.4) is 0 Å². The van der Waals surface area contributed by atoms with Crippen molar-refractivity contribution in [2.75, 3.05) is 32.8 Å². The Kier molecular flexibility index (Phi) is 9.36. The molecule has 24 heavy (non-hydrogen) atoms. The van der Waals surface area contributed by atoms with Gasteiger partial charge in [0.2, 0.25) is 11.8 Å². The summed E-state index contributed by atoms with van der Waals surface area (Å²) in [6.07, 6.45) is 5.54. The Labute approximate surface area is 141 Å². The quantitative estimate of drug-likeness (QED) is 0.376. The van der Waals surface area contributed by atoms with Gasteiger partial charge in [-0.1, -0.05) is 19.8 Å². The second-order valence-corrected chi connectivity index (χ2v) is 5.37.